The molecular weight excluding hydrogens is 400 g/mol. The average molecular weight is 416 g/mol. The first-order valence-corrected chi connectivity index (χ1v) is 8.32. The van der Waals surface area contributed by atoms with Crippen molar-refractivity contribution >= 4 is 31.9 Å². The summed E-state index contributed by atoms with van der Waals surface area (Å²) in [6.07, 6.45) is 0. The fourth-order valence-electron chi connectivity index (χ4n) is 1.63. The molecule has 0 heterocycles. The van der Waals surface area contributed by atoms with Crippen molar-refractivity contribution in [2.45, 2.75) is 23.6 Å². The van der Waals surface area contributed by atoms with Crippen LogP contribution in [-0.4, -0.2) is 10.4 Å². The first kappa shape index (κ1) is 16.6. The fourth-order valence-corrected chi connectivity index (χ4v) is 2.58. The molecule has 2 aromatic carbocycles. The number of halogens is 2. The molecule has 0 aliphatic heterocycles. The van der Waals surface area contributed by atoms with E-state index in [4.69, 9.17) is 14.2 Å². The van der Waals surface area contributed by atoms with Crippen LogP contribution in [0.15, 0.2) is 60.7 Å². The van der Waals surface area contributed by atoms with E-state index in [-0.39, 0.29) is 0 Å². The topological polar surface area (TPSA) is 27.7 Å². The third kappa shape index (κ3) is 6.72. The van der Waals surface area contributed by atoms with E-state index in [2.05, 4.69) is 31.9 Å². The molecular formula is C16H16Br2O3. The molecule has 0 fully saturated rings. The smallest absolute Gasteiger partial charge is 0.219 e. The van der Waals surface area contributed by atoms with Crippen LogP contribution in [0.4, 0.5) is 0 Å². The highest BCUT2D eigenvalue weighted by molar-refractivity contribution is 9.10. The molecule has 112 valence electrons. The van der Waals surface area contributed by atoms with Gasteiger partial charge in [-0.3, -0.25) is 0 Å². The molecule has 0 amide bonds. The molecule has 3 nitrogen and oxygen atoms in total. The van der Waals surface area contributed by atoms with E-state index >= 15 is 0 Å². The van der Waals surface area contributed by atoms with Crippen molar-refractivity contribution in [1.29, 1.82) is 0 Å². The van der Waals surface area contributed by atoms with E-state index in [1.807, 2.05) is 60.7 Å². The minimum absolute atomic E-state index is 0.467. The van der Waals surface area contributed by atoms with Crippen LogP contribution in [0.2, 0.25) is 0 Å². The zero-order chi connectivity index (χ0) is 14.9. The van der Waals surface area contributed by atoms with Gasteiger partial charge in [-0.1, -0.05) is 60.7 Å². The number of ether oxygens (including phenoxy) is 3. The molecule has 0 radical (unpaired) electrons. The van der Waals surface area contributed by atoms with Gasteiger partial charge in [-0.2, -0.15) is 0 Å². The Labute approximate surface area is 141 Å². The molecule has 2 rings (SSSR count). The van der Waals surface area contributed by atoms with Crippen molar-refractivity contribution in [3.8, 4) is 0 Å². The van der Waals surface area contributed by atoms with Crippen molar-refractivity contribution in [3.05, 3.63) is 71.8 Å². The number of hydrogen-bond acceptors (Lipinski definition) is 3. The van der Waals surface area contributed by atoms with E-state index in [0.29, 0.717) is 13.2 Å². The maximum Gasteiger partial charge on any atom is 0.219 e. The lowest BCUT2D eigenvalue weighted by Crippen LogP contribution is -2.18. The van der Waals surface area contributed by atoms with Gasteiger partial charge in [-0.25, -0.2) is 0 Å². The summed E-state index contributed by atoms with van der Waals surface area (Å²) in [5.41, 5.74) is 2.17. The second-order valence-corrected chi connectivity index (χ2v) is 5.77. The highest BCUT2D eigenvalue weighted by Gasteiger charge is 2.12. The van der Waals surface area contributed by atoms with Crippen molar-refractivity contribution in [2.24, 2.45) is 0 Å². The summed E-state index contributed by atoms with van der Waals surface area (Å²) in [5, 5.41) is -1.09. The second-order valence-electron chi connectivity index (χ2n) is 4.28. The first-order chi connectivity index (χ1) is 10.2. The van der Waals surface area contributed by atoms with E-state index < -0.39 is 10.4 Å². The third-order valence-corrected chi connectivity index (χ3v) is 3.62. The Balaban J connectivity index is 1.66. The third-order valence-electron chi connectivity index (χ3n) is 2.66. The van der Waals surface area contributed by atoms with Crippen LogP contribution in [-0.2, 0) is 27.4 Å². The standard InChI is InChI=1S/C16H16Br2O3/c17-15(19-11-13-7-3-1-4-8-13)21-16(18)20-12-14-9-5-2-6-10-14/h1-10,15-16H,11-12H2. The lowest BCUT2D eigenvalue weighted by Gasteiger charge is -2.17. The highest BCUT2D eigenvalue weighted by Crippen LogP contribution is 2.16. The predicted molar refractivity (Wildman–Crippen MR) is 89.0 cm³/mol. The molecule has 2 unspecified atom stereocenters. The van der Waals surface area contributed by atoms with Gasteiger partial charge >= 0.3 is 0 Å². The van der Waals surface area contributed by atoms with Crippen molar-refractivity contribution in [3.63, 3.8) is 0 Å². The molecule has 21 heavy (non-hydrogen) atoms. The van der Waals surface area contributed by atoms with E-state index in [1.54, 1.807) is 0 Å². The molecule has 0 saturated carbocycles. The minimum Gasteiger partial charge on any atom is -0.338 e. The van der Waals surface area contributed by atoms with Gasteiger partial charge in [-0.15, -0.1) is 0 Å². The first-order valence-electron chi connectivity index (χ1n) is 6.49. The maximum absolute atomic E-state index is 5.54. The van der Waals surface area contributed by atoms with E-state index in [9.17, 15) is 0 Å². The van der Waals surface area contributed by atoms with Gasteiger partial charge in [0.25, 0.3) is 0 Å². The van der Waals surface area contributed by atoms with Crippen molar-refractivity contribution in [1.82, 2.24) is 0 Å². The van der Waals surface area contributed by atoms with Crippen LogP contribution in [0.5, 0.6) is 0 Å². The highest BCUT2D eigenvalue weighted by atomic mass is 79.9. The van der Waals surface area contributed by atoms with Crippen LogP contribution in [0.3, 0.4) is 0 Å². The minimum atomic E-state index is -0.544. The zero-order valence-corrected chi connectivity index (χ0v) is 14.5. The Morgan fingerprint density at radius 1 is 0.667 bits per heavy atom. The second kappa shape index (κ2) is 9.33. The summed E-state index contributed by atoms with van der Waals surface area (Å²) in [5.74, 6) is 0. The molecule has 0 N–H and O–H groups in total. The lowest BCUT2D eigenvalue weighted by molar-refractivity contribution is -0.171. The molecule has 2 atom stereocenters. The van der Waals surface area contributed by atoms with Gasteiger partial charge in [0.1, 0.15) is 0 Å². The van der Waals surface area contributed by atoms with Gasteiger partial charge in [0, 0.05) is 0 Å². The van der Waals surface area contributed by atoms with Gasteiger partial charge < -0.3 is 14.2 Å². The Hall–Kier alpha value is -0.720. The summed E-state index contributed by atoms with van der Waals surface area (Å²) in [4.78, 5) is 0. The Kier molecular flexibility index (Phi) is 7.39. The predicted octanol–water partition coefficient (Wildman–Crippen LogP) is 4.79. The van der Waals surface area contributed by atoms with Crippen LogP contribution < -0.4 is 0 Å². The fraction of sp³-hybridized carbons (Fsp3) is 0.250. The number of benzene rings is 2. The van der Waals surface area contributed by atoms with Crippen LogP contribution in [0.25, 0.3) is 0 Å². The van der Waals surface area contributed by atoms with Gasteiger partial charge in [0.15, 0.2) is 0 Å². The quantitative estimate of drug-likeness (QED) is 0.458. The number of hydrogen-bond donors (Lipinski definition) is 0. The van der Waals surface area contributed by atoms with Gasteiger partial charge in [0.2, 0.25) is 10.4 Å². The Bertz CT molecular complexity index is 460. The molecule has 0 bridgehead atoms. The summed E-state index contributed by atoms with van der Waals surface area (Å²) < 4.78 is 16.6. The molecule has 0 aliphatic rings. The SMILES string of the molecule is BrC(OCc1ccccc1)OC(Br)OCc1ccccc1. The average Bonchev–Trinajstić information content (AvgIpc) is 2.53. The Morgan fingerprint density at radius 2 is 1.05 bits per heavy atom. The summed E-state index contributed by atoms with van der Waals surface area (Å²) in [7, 11) is 0. The van der Waals surface area contributed by atoms with E-state index in [1.165, 1.54) is 0 Å². The maximum atomic E-state index is 5.54. The van der Waals surface area contributed by atoms with Crippen LogP contribution >= 0.6 is 31.9 Å². The monoisotopic (exact) mass is 414 g/mol. The number of alkyl halides is 2. The number of rotatable bonds is 8. The van der Waals surface area contributed by atoms with Crippen LogP contribution in [0.1, 0.15) is 11.1 Å². The molecule has 2 aromatic rings. The van der Waals surface area contributed by atoms with Crippen molar-refractivity contribution in [2.75, 3.05) is 0 Å². The molecule has 0 aromatic heterocycles. The molecule has 5 heteroatoms. The largest absolute Gasteiger partial charge is 0.338 e. The Morgan fingerprint density at radius 3 is 1.43 bits per heavy atom. The van der Waals surface area contributed by atoms with E-state index in [0.717, 1.165) is 11.1 Å². The summed E-state index contributed by atoms with van der Waals surface area (Å²) in [6.45, 7) is 0.935. The molecule has 0 spiro atoms. The summed E-state index contributed by atoms with van der Waals surface area (Å²) in [6, 6.07) is 19.8. The molecule has 0 saturated heterocycles. The summed E-state index contributed by atoms with van der Waals surface area (Å²) >= 11 is 6.62. The zero-order valence-electron chi connectivity index (χ0n) is 11.3. The molecule has 0 aliphatic carbocycles. The van der Waals surface area contributed by atoms with Gasteiger partial charge in [-0.05, 0) is 43.0 Å². The van der Waals surface area contributed by atoms with Crippen molar-refractivity contribution < 1.29 is 14.2 Å². The van der Waals surface area contributed by atoms with Crippen LogP contribution in [0, 0.1) is 0 Å². The normalized spacial score (nSPS) is 13.8. The lowest BCUT2D eigenvalue weighted by atomic mass is 10.2. The van der Waals surface area contributed by atoms with Gasteiger partial charge in [0.05, 0.1) is 13.2 Å².